The van der Waals surface area contributed by atoms with Crippen LogP contribution >= 0.6 is 7.82 Å². The fraction of sp³-hybridized carbons (Fsp3) is 0.836. The molecule has 0 aromatic carbocycles. The number of quaternary nitrogens is 1. The molecule has 0 bridgehead atoms. The van der Waals surface area contributed by atoms with E-state index in [0.717, 1.165) is 83.5 Å². The van der Waals surface area contributed by atoms with E-state index in [1.807, 2.05) is 33.3 Å². The molecule has 1 amide bonds. The number of phosphoric ester groups is 1. The number of ether oxygens (including phenoxy) is 1. The van der Waals surface area contributed by atoms with Gasteiger partial charge in [0, 0.05) is 12.8 Å². The fourth-order valence-electron chi connectivity index (χ4n) is 10.4. The molecule has 0 radical (unpaired) electrons. The van der Waals surface area contributed by atoms with E-state index in [0.29, 0.717) is 23.9 Å². The largest absolute Gasteiger partial charge is 0.472 e. The summed E-state index contributed by atoms with van der Waals surface area (Å²) in [5.74, 6) is -0.498. The van der Waals surface area contributed by atoms with Crippen molar-refractivity contribution >= 4 is 19.7 Å². The van der Waals surface area contributed by atoms with Gasteiger partial charge in [-0.05, 0) is 96.0 Å². The number of phosphoric acid groups is 1. The molecule has 0 saturated heterocycles. The maximum Gasteiger partial charge on any atom is 0.472 e. The minimum Gasteiger partial charge on any atom is -0.456 e. The highest BCUT2D eigenvalue weighted by atomic mass is 31.2. The first kappa shape index (κ1) is 80.7. The van der Waals surface area contributed by atoms with Crippen molar-refractivity contribution in [3.8, 4) is 0 Å². The molecule has 0 fully saturated rings. The van der Waals surface area contributed by atoms with E-state index in [1.54, 1.807) is 0 Å². The van der Waals surface area contributed by atoms with Crippen molar-refractivity contribution in [3.63, 3.8) is 0 Å². The van der Waals surface area contributed by atoms with E-state index in [9.17, 15) is 19.0 Å². The van der Waals surface area contributed by atoms with Crippen LogP contribution in [0.15, 0.2) is 60.8 Å². The molecule has 0 heterocycles. The van der Waals surface area contributed by atoms with Crippen LogP contribution in [0.1, 0.15) is 342 Å². The third-order valence-electron chi connectivity index (χ3n) is 15.9. The number of carbonyl (C=O) groups is 2. The van der Waals surface area contributed by atoms with Crippen molar-refractivity contribution in [3.05, 3.63) is 60.8 Å². The zero-order valence-corrected chi connectivity index (χ0v) is 56.6. The maximum atomic E-state index is 13.6. The smallest absolute Gasteiger partial charge is 0.456 e. The van der Waals surface area contributed by atoms with E-state index < -0.39 is 20.0 Å². The summed E-state index contributed by atoms with van der Waals surface area (Å²) in [5, 5.41) is 3.07. The second-order valence-electron chi connectivity index (χ2n) is 25.4. The molecule has 3 atom stereocenters. The SMILES string of the molecule is CCCCC/C=C\C/C=C\C/C=C\CCCCCCCCCCCCCCCCC(=O)OC(/C=C\CCCCCCCCCCCCC)C(COP(=O)(O)OCC[N+](C)(C)C)NC(=O)CCCCCCCCC/C=C/CCCCCCCC. The minimum atomic E-state index is -4.45. The van der Waals surface area contributed by atoms with Gasteiger partial charge in [-0.1, -0.05) is 294 Å². The standard InChI is InChI=1S/C73H137N2O7P/c1-7-10-13-16-19-22-25-28-30-32-33-34-35-36-37-38-39-40-41-43-45-48-51-54-57-60-63-66-73(77)82-71(64-61-58-55-52-49-46-27-24-21-18-15-12-9-3)70(69-81-83(78,79)80-68-67-75(4,5)6)74-72(76)65-62-59-56-53-50-47-44-42-31-29-26-23-20-17-14-11-8-2/h19,22,28-31,33-34,61,64,70-71H,7-18,20-21,23-27,32,35-60,62-63,65-69H2,1-6H3,(H-,74,76,78,79)/p+1/b22-19-,30-28-,31-29+,34-33-,64-61-. The quantitative estimate of drug-likeness (QED) is 0.0205. The molecule has 0 aromatic rings. The zero-order chi connectivity index (χ0) is 60.7. The molecule has 486 valence electrons. The molecule has 0 aromatic heterocycles. The molecule has 0 aliphatic carbocycles. The van der Waals surface area contributed by atoms with Crippen LogP contribution in [0.2, 0.25) is 0 Å². The average molecular weight is 1190 g/mol. The molecular weight excluding hydrogens is 1050 g/mol. The highest BCUT2D eigenvalue weighted by Gasteiger charge is 2.30. The first-order valence-corrected chi connectivity index (χ1v) is 37.1. The third-order valence-corrected chi connectivity index (χ3v) is 16.9. The zero-order valence-electron chi connectivity index (χ0n) is 55.7. The number of rotatable bonds is 65. The lowest BCUT2D eigenvalue weighted by Gasteiger charge is -2.27. The molecule has 0 spiro atoms. The van der Waals surface area contributed by atoms with E-state index in [-0.39, 0.29) is 25.1 Å². The van der Waals surface area contributed by atoms with Crippen LogP contribution in [0.3, 0.4) is 0 Å². The summed E-state index contributed by atoms with van der Waals surface area (Å²) < 4.78 is 30.8. The van der Waals surface area contributed by atoms with Gasteiger partial charge in [0.15, 0.2) is 0 Å². The van der Waals surface area contributed by atoms with Crippen molar-refractivity contribution in [2.24, 2.45) is 0 Å². The van der Waals surface area contributed by atoms with Crippen molar-refractivity contribution in [2.75, 3.05) is 40.9 Å². The van der Waals surface area contributed by atoms with Crippen LogP contribution in [0.4, 0.5) is 0 Å². The number of likely N-dealkylation sites (N-methyl/N-ethyl adjacent to an activating group) is 1. The van der Waals surface area contributed by atoms with Crippen LogP contribution in [0.25, 0.3) is 0 Å². The number of hydrogen-bond donors (Lipinski definition) is 2. The highest BCUT2D eigenvalue weighted by molar-refractivity contribution is 7.47. The summed E-state index contributed by atoms with van der Waals surface area (Å²) >= 11 is 0. The molecule has 0 aliphatic rings. The molecular formula is C73H138N2O7P+. The van der Waals surface area contributed by atoms with Gasteiger partial charge < -0.3 is 19.4 Å². The number of esters is 1. The first-order valence-electron chi connectivity index (χ1n) is 35.6. The van der Waals surface area contributed by atoms with Gasteiger partial charge in [-0.3, -0.25) is 18.6 Å². The van der Waals surface area contributed by atoms with Crippen LogP contribution in [0.5, 0.6) is 0 Å². The van der Waals surface area contributed by atoms with Crippen molar-refractivity contribution in [2.45, 2.75) is 354 Å². The first-order chi connectivity index (χ1) is 40.4. The Kier molecular flexibility index (Phi) is 61.0. The lowest BCUT2D eigenvalue weighted by molar-refractivity contribution is -0.870. The monoisotopic (exact) mass is 1190 g/mol. The fourth-order valence-corrected chi connectivity index (χ4v) is 11.2. The van der Waals surface area contributed by atoms with Gasteiger partial charge >= 0.3 is 13.8 Å². The van der Waals surface area contributed by atoms with Gasteiger partial charge in [0.25, 0.3) is 0 Å². The van der Waals surface area contributed by atoms with E-state index in [4.69, 9.17) is 13.8 Å². The summed E-state index contributed by atoms with van der Waals surface area (Å²) in [7, 11) is 1.50. The van der Waals surface area contributed by atoms with Gasteiger partial charge in [-0.25, -0.2) is 4.57 Å². The summed E-state index contributed by atoms with van der Waals surface area (Å²) in [6.45, 7) is 7.02. The number of nitrogens with zero attached hydrogens (tertiary/aromatic N) is 1. The van der Waals surface area contributed by atoms with Crippen LogP contribution < -0.4 is 5.32 Å². The Morgan fingerprint density at radius 3 is 1.13 bits per heavy atom. The topological polar surface area (TPSA) is 111 Å². The summed E-state index contributed by atoms with van der Waals surface area (Å²) in [6, 6.07) is -0.851. The Morgan fingerprint density at radius 2 is 0.735 bits per heavy atom. The Labute approximate surface area is 515 Å². The maximum absolute atomic E-state index is 13.6. The summed E-state index contributed by atoms with van der Waals surface area (Å²) in [4.78, 5) is 37.9. The van der Waals surface area contributed by atoms with Gasteiger partial charge in [0.2, 0.25) is 5.91 Å². The second kappa shape index (κ2) is 62.8. The Morgan fingerprint density at radius 1 is 0.422 bits per heavy atom. The van der Waals surface area contributed by atoms with Crippen LogP contribution in [-0.4, -0.2) is 74.3 Å². The molecule has 0 saturated carbocycles. The number of hydrogen-bond acceptors (Lipinski definition) is 6. The molecule has 9 nitrogen and oxygen atoms in total. The molecule has 2 N–H and O–H groups in total. The van der Waals surface area contributed by atoms with Crippen molar-refractivity contribution < 1.29 is 37.3 Å². The Bertz CT molecular complexity index is 1600. The normalized spacial score (nSPS) is 13.9. The van der Waals surface area contributed by atoms with Gasteiger partial charge in [-0.2, -0.15) is 0 Å². The Balaban J connectivity index is 5.05. The molecule has 3 unspecified atom stereocenters. The minimum absolute atomic E-state index is 0.0397. The number of carbonyl (C=O) groups excluding carboxylic acids is 2. The van der Waals surface area contributed by atoms with Crippen molar-refractivity contribution in [1.29, 1.82) is 0 Å². The molecule has 0 rings (SSSR count). The molecule has 83 heavy (non-hydrogen) atoms. The lowest BCUT2D eigenvalue weighted by Crippen LogP contribution is -2.47. The van der Waals surface area contributed by atoms with E-state index >= 15 is 0 Å². The molecule has 0 aliphatic heterocycles. The van der Waals surface area contributed by atoms with Crippen molar-refractivity contribution in [1.82, 2.24) is 5.32 Å². The number of amides is 1. The highest BCUT2D eigenvalue weighted by Crippen LogP contribution is 2.43. The predicted octanol–water partition coefficient (Wildman–Crippen LogP) is 22.6. The second-order valence-corrected chi connectivity index (χ2v) is 26.9. The average Bonchev–Trinajstić information content (AvgIpc) is 3.47. The lowest BCUT2D eigenvalue weighted by atomic mass is 10.0. The van der Waals surface area contributed by atoms with Crippen LogP contribution in [0, 0.1) is 0 Å². The van der Waals surface area contributed by atoms with E-state index in [2.05, 4.69) is 74.7 Å². The molecule has 10 heteroatoms. The Hall–Kier alpha value is -2.29. The van der Waals surface area contributed by atoms with Crippen LogP contribution in [-0.2, 0) is 27.9 Å². The van der Waals surface area contributed by atoms with Gasteiger partial charge in [0.1, 0.15) is 19.3 Å². The third kappa shape index (κ3) is 64.0. The van der Waals surface area contributed by atoms with E-state index in [1.165, 1.54) is 225 Å². The number of nitrogens with one attached hydrogen (secondary N) is 1. The summed E-state index contributed by atoms with van der Waals surface area (Å²) in [5.41, 5.74) is 0. The predicted molar refractivity (Wildman–Crippen MR) is 360 cm³/mol. The van der Waals surface area contributed by atoms with Gasteiger partial charge in [0.05, 0.1) is 33.8 Å². The number of unbranched alkanes of at least 4 members (excludes halogenated alkanes) is 41. The summed E-state index contributed by atoms with van der Waals surface area (Å²) in [6.07, 6.45) is 80.8. The van der Waals surface area contributed by atoms with Gasteiger partial charge in [-0.15, -0.1) is 0 Å². The number of allylic oxidation sites excluding steroid dienone is 9.